The van der Waals surface area contributed by atoms with Crippen LogP contribution in [0.2, 0.25) is 0 Å². The lowest BCUT2D eigenvalue weighted by Gasteiger charge is -2.36. The molecule has 15 nitrogen and oxygen atoms in total. The summed E-state index contributed by atoms with van der Waals surface area (Å²) in [6.07, 6.45) is 5.62. The van der Waals surface area contributed by atoms with Crippen LogP contribution in [0.25, 0.3) is 0 Å². The second-order valence-electron chi connectivity index (χ2n) is 12.9. The Morgan fingerprint density at radius 3 is 2.34 bits per heavy atom. The maximum atomic E-state index is 14.0. The Kier molecular flexibility index (Phi) is 13.9. The van der Waals surface area contributed by atoms with Crippen LogP contribution in [-0.2, 0) is 36.7 Å². The van der Waals surface area contributed by atoms with Crippen LogP contribution in [0.4, 0.5) is 0 Å². The second kappa shape index (κ2) is 18.1. The van der Waals surface area contributed by atoms with Gasteiger partial charge in [0.25, 0.3) is 0 Å². The van der Waals surface area contributed by atoms with Gasteiger partial charge in [0, 0.05) is 19.0 Å². The number of hydrogen-bond donors (Lipinski definition) is 8. The molecule has 0 aliphatic carbocycles. The van der Waals surface area contributed by atoms with E-state index in [1.54, 1.807) is 4.90 Å². The lowest BCUT2D eigenvalue weighted by atomic mass is 9.98. The summed E-state index contributed by atoms with van der Waals surface area (Å²) < 4.78 is 15.6. The van der Waals surface area contributed by atoms with E-state index < -0.39 is 43.8 Å². The predicted octanol–water partition coefficient (Wildman–Crippen LogP) is 1.74. The van der Waals surface area contributed by atoms with Crippen molar-refractivity contribution in [3.63, 3.8) is 0 Å². The molecule has 4 rings (SSSR count). The van der Waals surface area contributed by atoms with Crippen LogP contribution in [-0.4, -0.2) is 74.4 Å². The Balaban J connectivity index is 1.40. The molecule has 2 heterocycles. The standard InChI is InChI=1S/C34H48N7O8P/c35-26(20-22-14-17-25(18-15-22)49-50(46,47)48)31(42)40-28-12-5-4-10-24-16-19-29(41(24)34(28)45)33(44)39-27(11-6-7-13-30(36)37)32(43)38-21-23-8-2-1-3-9-23/h1-3,8-9,14-15,17-18,24,26-29H,4-7,10-13,16,19-21,35H2,(H3,36,37)(H,38,43)(H,39,44)(H,40,42)(H2,46,47,48)/t24-,26-,27-,28-,29-/m0/s1. The molecular weight excluding hydrogens is 665 g/mol. The molecule has 0 spiro atoms. The van der Waals surface area contributed by atoms with Crippen molar-refractivity contribution >= 4 is 37.3 Å². The van der Waals surface area contributed by atoms with Gasteiger partial charge in [0.1, 0.15) is 23.9 Å². The molecule has 0 unspecified atom stereocenters. The predicted molar refractivity (Wildman–Crippen MR) is 185 cm³/mol. The molecule has 2 fully saturated rings. The molecule has 0 bridgehead atoms. The fourth-order valence-corrected chi connectivity index (χ4v) is 6.88. The van der Waals surface area contributed by atoms with E-state index >= 15 is 0 Å². The number of phosphoric ester groups is 1. The first-order valence-electron chi connectivity index (χ1n) is 17.0. The van der Waals surface area contributed by atoms with E-state index in [2.05, 4.69) is 20.5 Å². The van der Waals surface area contributed by atoms with E-state index in [-0.39, 0.29) is 42.4 Å². The highest BCUT2D eigenvalue weighted by atomic mass is 31.2. The third-order valence-electron chi connectivity index (χ3n) is 9.03. The average Bonchev–Trinajstić information content (AvgIpc) is 3.49. The largest absolute Gasteiger partial charge is 0.524 e. The normalized spacial score (nSPS) is 20.4. The van der Waals surface area contributed by atoms with E-state index in [9.17, 15) is 23.7 Å². The van der Waals surface area contributed by atoms with Gasteiger partial charge in [-0.2, -0.15) is 0 Å². The van der Waals surface area contributed by atoms with Gasteiger partial charge in [0.15, 0.2) is 0 Å². The van der Waals surface area contributed by atoms with Crippen LogP contribution in [0.15, 0.2) is 54.6 Å². The number of rotatable bonds is 16. The van der Waals surface area contributed by atoms with Crippen molar-refractivity contribution in [2.24, 2.45) is 11.5 Å². The molecule has 4 amide bonds. The molecule has 272 valence electrons. The monoisotopic (exact) mass is 713 g/mol. The topological polar surface area (TPSA) is 250 Å². The molecule has 10 N–H and O–H groups in total. The minimum atomic E-state index is -4.71. The molecule has 2 saturated heterocycles. The third kappa shape index (κ3) is 11.7. The molecule has 0 radical (unpaired) electrons. The number of carbonyl (C=O) groups is 4. The Bertz CT molecular complexity index is 1540. The lowest BCUT2D eigenvalue weighted by Crippen LogP contribution is -2.59. The number of fused-ring (bicyclic) bond motifs is 1. The highest BCUT2D eigenvalue weighted by Crippen LogP contribution is 2.37. The van der Waals surface area contributed by atoms with Crippen molar-refractivity contribution in [1.29, 1.82) is 5.41 Å². The van der Waals surface area contributed by atoms with E-state index in [0.29, 0.717) is 56.9 Å². The smallest absolute Gasteiger partial charge is 0.404 e. The summed E-state index contributed by atoms with van der Waals surface area (Å²) in [4.78, 5) is 73.9. The minimum absolute atomic E-state index is 0.0360. The first-order valence-corrected chi connectivity index (χ1v) is 18.5. The molecule has 0 aromatic heterocycles. The number of phosphoric acid groups is 1. The van der Waals surface area contributed by atoms with Gasteiger partial charge < -0.3 is 36.8 Å². The Morgan fingerprint density at radius 2 is 1.66 bits per heavy atom. The maximum absolute atomic E-state index is 14.0. The van der Waals surface area contributed by atoms with E-state index in [4.69, 9.17) is 26.7 Å². The highest BCUT2D eigenvalue weighted by molar-refractivity contribution is 7.46. The first-order chi connectivity index (χ1) is 23.8. The zero-order valence-corrected chi connectivity index (χ0v) is 28.9. The van der Waals surface area contributed by atoms with Gasteiger partial charge in [-0.3, -0.25) is 34.4 Å². The maximum Gasteiger partial charge on any atom is 0.524 e. The Morgan fingerprint density at radius 1 is 0.960 bits per heavy atom. The van der Waals surface area contributed by atoms with Crippen LogP contribution in [0, 0.1) is 5.41 Å². The van der Waals surface area contributed by atoms with E-state index in [1.807, 2.05) is 30.3 Å². The highest BCUT2D eigenvalue weighted by Gasteiger charge is 2.44. The summed E-state index contributed by atoms with van der Waals surface area (Å²) in [7, 11) is -4.71. The van der Waals surface area contributed by atoms with Crippen LogP contribution in [0.1, 0.15) is 75.3 Å². The van der Waals surface area contributed by atoms with Crippen molar-refractivity contribution in [3.8, 4) is 5.75 Å². The van der Waals surface area contributed by atoms with Gasteiger partial charge in [-0.1, -0.05) is 61.7 Å². The van der Waals surface area contributed by atoms with Crippen molar-refractivity contribution in [1.82, 2.24) is 20.9 Å². The van der Waals surface area contributed by atoms with Crippen LogP contribution in [0.5, 0.6) is 5.75 Å². The molecule has 2 aliphatic heterocycles. The lowest BCUT2D eigenvalue weighted by molar-refractivity contribution is -0.145. The summed E-state index contributed by atoms with van der Waals surface area (Å²) >= 11 is 0. The molecule has 2 aromatic rings. The number of amidine groups is 1. The van der Waals surface area contributed by atoms with Crippen LogP contribution < -0.4 is 31.9 Å². The van der Waals surface area contributed by atoms with Gasteiger partial charge in [-0.25, -0.2) is 4.57 Å². The van der Waals surface area contributed by atoms with Crippen LogP contribution in [0.3, 0.4) is 0 Å². The SMILES string of the molecule is N=C(N)CCCC[C@H](NC(=O)[C@@H]1CC[C@@H]2CCCC[C@H](NC(=O)[C@@H](N)Cc3ccc(OP(=O)(O)O)cc3)C(=O)N21)C(=O)NCc1ccccc1. The fraction of sp³-hybridized carbons (Fsp3) is 0.500. The molecule has 5 atom stereocenters. The molecule has 50 heavy (non-hydrogen) atoms. The summed E-state index contributed by atoms with van der Waals surface area (Å²) in [5.41, 5.74) is 13.2. The van der Waals surface area contributed by atoms with Crippen molar-refractivity contribution in [3.05, 3.63) is 65.7 Å². The molecule has 2 aromatic carbocycles. The van der Waals surface area contributed by atoms with Gasteiger partial charge in [0.05, 0.1) is 11.9 Å². The van der Waals surface area contributed by atoms with Gasteiger partial charge in [-0.15, -0.1) is 0 Å². The van der Waals surface area contributed by atoms with Crippen molar-refractivity contribution < 1.29 is 38.1 Å². The van der Waals surface area contributed by atoms with Crippen molar-refractivity contribution in [2.45, 2.75) is 107 Å². The summed E-state index contributed by atoms with van der Waals surface area (Å²) in [5.74, 6) is -1.66. The molecule has 0 saturated carbocycles. The fourth-order valence-electron chi connectivity index (χ4n) is 6.48. The van der Waals surface area contributed by atoms with Crippen LogP contribution >= 0.6 is 7.82 Å². The number of nitrogens with one attached hydrogen (secondary N) is 4. The minimum Gasteiger partial charge on any atom is -0.404 e. The van der Waals surface area contributed by atoms with Crippen molar-refractivity contribution in [2.75, 3.05) is 0 Å². The number of carbonyl (C=O) groups excluding carboxylic acids is 4. The van der Waals surface area contributed by atoms with Gasteiger partial charge in [-0.05, 0) is 68.2 Å². The number of unbranched alkanes of at least 4 members (excludes halogenated alkanes) is 1. The number of nitrogens with zero attached hydrogens (tertiary/aromatic N) is 1. The van der Waals surface area contributed by atoms with E-state index in [0.717, 1.165) is 18.4 Å². The summed E-state index contributed by atoms with van der Waals surface area (Å²) in [5, 5.41) is 16.1. The number of amides is 4. The van der Waals surface area contributed by atoms with Gasteiger partial charge >= 0.3 is 7.82 Å². The third-order valence-corrected chi connectivity index (χ3v) is 9.47. The average molecular weight is 714 g/mol. The summed E-state index contributed by atoms with van der Waals surface area (Å²) in [6, 6.07) is 11.4. The Hall–Kier alpha value is -4.30. The Labute approximate surface area is 291 Å². The second-order valence-corrected chi connectivity index (χ2v) is 14.1. The van der Waals surface area contributed by atoms with Gasteiger partial charge in [0.2, 0.25) is 23.6 Å². The number of hydrogen-bond acceptors (Lipinski definition) is 8. The van der Waals surface area contributed by atoms with E-state index in [1.165, 1.54) is 24.3 Å². The zero-order chi connectivity index (χ0) is 36.3. The number of nitrogens with two attached hydrogens (primary N) is 2. The molecule has 16 heteroatoms. The molecular formula is C34H48N7O8P. The number of benzene rings is 2. The summed E-state index contributed by atoms with van der Waals surface area (Å²) in [6.45, 7) is 0.287. The first kappa shape index (κ1) is 38.5. The zero-order valence-electron chi connectivity index (χ0n) is 28.0. The molecule has 2 aliphatic rings. The quantitative estimate of drug-likeness (QED) is 0.0542.